The smallest absolute Gasteiger partial charge is 0.142 e. The third-order valence-corrected chi connectivity index (χ3v) is 4.48. The minimum absolute atomic E-state index is 0. The molecule has 0 bridgehead atoms. The number of piperazine rings is 1. The Hall–Kier alpha value is -0.0600. The maximum Gasteiger partial charge on any atom is 0.142 e. The van der Waals surface area contributed by atoms with Crippen molar-refractivity contribution >= 4 is 36.4 Å². The standard InChI is InChI=1S/C15H20ClFN2.2ClH/c16-13-4-3-12(10-14(13)17)15(9-11-1-2-11)19-7-5-18-6-8-19;;/h3-4,10-11,15,18H,1-2,5-9H2;2*1H/t15-;;/m1../s1. The largest absolute Gasteiger partial charge is 0.314 e. The summed E-state index contributed by atoms with van der Waals surface area (Å²) >= 11 is 5.79. The molecule has 1 aromatic carbocycles. The molecule has 3 rings (SSSR count). The van der Waals surface area contributed by atoms with Gasteiger partial charge in [-0.25, -0.2) is 4.39 Å². The molecule has 120 valence electrons. The second-order valence-corrected chi connectivity index (χ2v) is 6.06. The molecule has 0 radical (unpaired) electrons. The molecular weight excluding hydrogens is 334 g/mol. The number of benzene rings is 1. The van der Waals surface area contributed by atoms with E-state index in [0.717, 1.165) is 44.1 Å². The highest BCUT2D eigenvalue weighted by atomic mass is 35.5. The maximum atomic E-state index is 13.7. The van der Waals surface area contributed by atoms with E-state index in [9.17, 15) is 4.39 Å². The van der Waals surface area contributed by atoms with E-state index < -0.39 is 0 Å². The van der Waals surface area contributed by atoms with E-state index in [4.69, 9.17) is 11.6 Å². The Morgan fingerprint density at radius 3 is 2.48 bits per heavy atom. The van der Waals surface area contributed by atoms with Crippen molar-refractivity contribution in [3.63, 3.8) is 0 Å². The van der Waals surface area contributed by atoms with Crippen LogP contribution in [0, 0.1) is 11.7 Å². The number of nitrogens with one attached hydrogen (secondary N) is 1. The summed E-state index contributed by atoms with van der Waals surface area (Å²) in [5, 5.41) is 3.59. The topological polar surface area (TPSA) is 15.3 Å². The van der Waals surface area contributed by atoms with E-state index in [0.29, 0.717) is 6.04 Å². The quantitative estimate of drug-likeness (QED) is 0.876. The predicted octanol–water partition coefficient (Wildman–Crippen LogP) is 4.07. The first-order chi connectivity index (χ1) is 9.24. The molecule has 0 spiro atoms. The fourth-order valence-electron chi connectivity index (χ4n) is 2.88. The first-order valence-corrected chi connectivity index (χ1v) is 7.51. The van der Waals surface area contributed by atoms with Crippen molar-refractivity contribution < 1.29 is 4.39 Å². The zero-order valence-electron chi connectivity index (χ0n) is 11.9. The Labute approximate surface area is 143 Å². The Bertz CT molecular complexity index is 449. The second kappa shape index (κ2) is 8.54. The van der Waals surface area contributed by atoms with Gasteiger partial charge in [0.2, 0.25) is 0 Å². The number of halogens is 4. The van der Waals surface area contributed by atoms with Crippen LogP contribution < -0.4 is 5.32 Å². The molecule has 1 aliphatic heterocycles. The van der Waals surface area contributed by atoms with Gasteiger partial charge in [-0.05, 0) is 30.0 Å². The molecule has 1 heterocycles. The van der Waals surface area contributed by atoms with E-state index in [-0.39, 0.29) is 35.7 Å². The summed E-state index contributed by atoms with van der Waals surface area (Å²) in [7, 11) is 0. The fraction of sp³-hybridized carbons (Fsp3) is 0.600. The molecule has 2 nitrogen and oxygen atoms in total. The van der Waals surface area contributed by atoms with Gasteiger partial charge >= 0.3 is 0 Å². The summed E-state index contributed by atoms with van der Waals surface area (Å²) in [5.74, 6) is 0.536. The van der Waals surface area contributed by atoms with Gasteiger partial charge in [-0.15, -0.1) is 24.8 Å². The lowest BCUT2D eigenvalue weighted by molar-refractivity contribution is 0.160. The van der Waals surface area contributed by atoms with Gasteiger partial charge in [-0.2, -0.15) is 0 Å². The van der Waals surface area contributed by atoms with Crippen molar-refractivity contribution in [1.82, 2.24) is 10.2 Å². The summed E-state index contributed by atoms with van der Waals surface area (Å²) in [6.07, 6.45) is 3.82. The van der Waals surface area contributed by atoms with Crippen LogP contribution in [0.1, 0.15) is 30.9 Å². The zero-order valence-corrected chi connectivity index (χ0v) is 14.2. The van der Waals surface area contributed by atoms with Crippen molar-refractivity contribution in [2.45, 2.75) is 25.3 Å². The lowest BCUT2D eigenvalue weighted by atomic mass is 9.98. The fourth-order valence-corrected chi connectivity index (χ4v) is 3.00. The monoisotopic (exact) mass is 354 g/mol. The van der Waals surface area contributed by atoms with Gasteiger partial charge in [0.05, 0.1) is 5.02 Å². The molecule has 0 unspecified atom stereocenters. The van der Waals surface area contributed by atoms with Crippen LogP contribution in [-0.4, -0.2) is 31.1 Å². The lowest BCUT2D eigenvalue weighted by Crippen LogP contribution is -2.45. The van der Waals surface area contributed by atoms with E-state index in [1.165, 1.54) is 12.8 Å². The highest BCUT2D eigenvalue weighted by molar-refractivity contribution is 6.30. The van der Waals surface area contributed by atoms with Crippen molar-refractivity contribution in [2.75, 3.05) is 26.2 Å². The molecule has 21 heavy (non-hydrogen) atoms. The summed E-state index contributed by atoms with van der Waals surface area (Å²) in [6.45, 7) is 4.14. The molecule has 6 heteroatoms. The average Bonchev–Trinajstić information content (AvgIpc) is 3.24. The lowest BCUT2D eigenvalue weighted by Gasteiger charge is -2.35. The zero-order chi connectivity index (χ0) is 13.2. The molecule has 1 saturated heterocycles. The minimum Gasteiger partial charge on any atom is -0.314 e. The molecule has 2 fully saturated rings. The second-order valence-electron chi connectivity index (χ2n) is 5.65. The highest BCUT2D eigenvalue weighted by Crippen LogP contribution is 2.40. The van der Waals surface area contributed by atoms with Crippen LogP contribution in [0.15, 0.2) is 18.2 Å². The Kier molecular flexibility index (Phi) is 7.72. The third-order valence-electron chi connectivity index (χ3n) is 4.17. The molecule has 1 saturated carbocycles. The molecule has 1 aromatic rings. The Morgan fingerprint density at radius 2 is 1.90 bits per heavy atom. The molecule has 1 N–H and O–H groups in total. The molecule has 1 atom stereocenters. The van der Waals surface area contributed by atoms with Crippen LogP contribution >= 0.6 is 36.4 Å². The van der Waals surface area contributed by atoms with Crippen LogP contribution in [-0.2, 0) is 0 Å². The van der Waals surface area contributed by atoms with Crippen molar-refractivity contribution in [1.29, 1.82) is 0 Å². The van der Waals surface area contributed by atoms with E-state index >= 15 is 0 Å². The van der Waals surface area contributed by atoms with Gasteiger partial charge in [0, 0.05) is 32.2 Å². The van der Waals surface area contributed by atoms with Crippen LogP contribution in [0.2, 0.25) is 5.02 Å². The van der Waals surface area contributed by atoms with Gasteiger partial charge in [-0.3, -0.25) is 4.90 Å². The van der Waals surface area contributed by atoms with Crippen molar-refractivity contribution in [3.05, 3.63) is 34.6 Å². The van der Waals surface area contributed by atoms with Crippen LogP contribution in [0.3, 0.4) is 0 Å². The summed E-state index contributed by atoms with van der Waals surface area (Å²) in [6, 6.07) is 5.65. The molecular formula is C15H22Cl3FN2. The maximum absolute atomic E-state index is 13.7. The Morgan fingerprint density at radius 1 is 1.24 bits per heavy atom. The molecule has 2 aliphatic rings. The van der Waals surface area contributed by atoms with Crippen LogP contribution in [0.5, 0.6) is 0 Å². The molecule has 0 aromatic heterocycles. The highest BCUT2D eigenvalue weighted by Gasteiger charge is 2.30. The molecule has 1 aliphatic carbocycles. The van der Waals surface area contributed by atoms with Crippen molar-refractivity contribution in [3.8, 4) is 0 Å². The summed E-state index contributed by atoms with van der Waals surface area (Å²) in [5.41, 5.74) is 1.08. The first-order valence-electron chi connectivity index (χ1n) is 7.14. The van der Waals surface area contributed by atoms with Crippen molar-refractivity contribution in [2.24, 2.45) is 5.92 Å². The number of rotatable bonds is 4. The number of nitrogens with zero attached hydrogens (tertiary/aromatic N) is 1. The van der Waals surface area contributed by atoms with Crippen LogP contribution in [0.25, 0.3) is 0 Å². The SMILES string of the molecule is Cl.Cl.Fc1cc([C@@H](CC2CC2)N2CCNCC2)ccc1Cl. The van der Waals surface area contributed by atoms with Gasteiger partial charge in [0.15, 0.2) is 0 Å². The average molecular weight is 356 g/mol. The minimum atomic E-state index is -0.296. The normalized spacial score (nSPS) is 20.3. The first kappa shape index (κ1) is 19.0. The van der Waals surface area contributed by atoms with Gasteiger partial charge in [-0.1, -0.05) is 30.5 Å². The van der Waals surface area contributed by atoms with Gasteiger partial charge in [0.25, 0.3) is 0 Å². The summed E-state index contributed by atoms with van der Waals surface area (Å²) in [4.78, 5) is 2.48. The van der Waals surface area contributed by atoms with E-state index in [1.54, 1.807) is 12.1 Å². The van der Waals surface area contributed by atoms with E-state index in [2.05, 4.69) is 10.2 Å². The van der Waals surface area contributed by atoms with Gasteiger partial charge in [0.1, 0.15) is 5.82 Å². The van der Waals surface area contributed by atoms with Gasteiger partial charge < -0.3 is 5.32 Å². The predicted molar refractivity (Wildman–Crippen MR) is 90.4 cm³/mol. The number of hydrogen-bond acceptors (Lipinski definition) is 2. The van der Waals surface area contributed by atoms with E-state index in [1.807, 2.05) is 6.07 Å². The summed E-state index contributed by atoms with van der Waals surface area (Å²) < 4.78 is 13.7. The third kappa shape index (κ3) is 4.97. The van der Waals surface area contributed by atoms with Crippen LogP contribution in [0.4, 0.5) is 4.39 Å². The number of hydrogen-bond donors (Lipinski definition) is 1. The Balaban J connectivity index is 0.00000110. The molecule has 0 amide bonds.